The number of esters is 1. The lowest BCUT2D eigenvalue weighted by molar-refractivity contribution is -0.143. The topological polar surface area (TPSA) is 95.9 Å². The molecule has 2 atom stereocenters. The molecule has 56 heavy (non-hydrogen) atoms. The van der Waals surface area contributed by atoms with Gasteiger partial charge < -0.3 is 20.3 Å². The largest absolute Gasteiger partial charge is 0.466 e. The van der Waals surface area contributed by atoms with E-state index in [1.165, 1.54) is 186 Å². The number of nitrogens with one attached hydrogen (secondary N) is 1. The second-order valence-electron chi connectivity index (χ2n) is 17.2. The highest BCUT2D eigenvalue weighted by Gasteiger charge is 2.18. The predicted molar refractivity (Wildman–Crippen MR) is 241 cm³/mol. The van der Waals surface area contributed by atoms with Crippen LogP contribution in [0.15, 0.2) is 12.2 Å². The summed E-state index contributed by atoms with van der Waals surface area (Å²) in [6.45, 7) is 4.86. The minimum Gasteiger partial charge on any atom is -0.466 e. The molecule has 0 saturated carbocycles. The van der Waals surface area contributed by atoms with E-state index < -0.39 is 12.1 Å². The Morgan fingerprint density at radius 2 is 0.821 bits per heavy atom. The highest BCUT2D eigenvalue weighted by molar-refractivity contribution is 5.76. The second-order valence-corrected chi connectivity index (χ2v) is 17.2. The zero-order valence-electron chi connectivity index (χ0n) is 37.6. The quantitative estimate of drug-likeness (QED) is 0.0324. The van der Waals surface area contributed by atoms with Gasteiger partial charge in [-0.25, -0.2) is 0 Å². The highest BCUT2D eigenvalue weighted by Crippen LogP contribution is 2.16. The van der Waals surface area contributed by atoms with E-state index in [4.69, 9.17) is 4.74 Å². The number of hydrogen-bond donors (Lipinski definition) is 3. The average molecular weight is 792 g/mol. The van der Waals surface area contributed by atoms with Crippen molar-refractivity contribution in [1.29, 1.82) is 0 Å². The molecule has 0 aromatic carbocycles. The Bertz CT molecular complexity index is 832. The number of ether oxygens (including phenoxy) is 1. The third-order valence-corrected chi connectivity index (χ3v) is 11.6. The van der Waals surface area contributed by atoms with E-state index in [-0.39, 0.29) is 18.5 Å². The molecule has 0 aliphatic carbocycles. The van der Waals surface area contributed by atoms with Gasteiger partial charge in [0.25, 0.3) is 0 Å². The lowest BCUT2D eigenvalue weighted by atomic mass is 10.0. The molecule has 0 aromatic heterocycles. The summed E-state index contributed by atoms with van der Waals surface area (Å²) >= 11 is 0. The Balaban J connectivity index is 3.45. The summed E-state index contributed by atoms with van der Waals surface area (Å²) in [7, 11) is 0. The van der Waals surface area contributed by atoms with Crippen molar-refractivity contribution in [1.82, 2.24) is 5.32 Å². The van der Waals surface area contributed by atoms with Gasteiger partial charge in [0.05, 0.1) is 25.4 Å². The molecule has 0 rings (SSSR count). The van der Waals surface area contributed by atoms with Crippen LogP contribution in [0.4, 0.5) is 0 Å². The zero-order chi connectivity index (χ0) is 40.8. The number of rotatable bonds is 46. The number of allylic oxidation sites excluding steroid dienone is 1. The second kappa shape index (κ2) is 46.3. The summed E-state index contributed by atoms with van der Waals surface area (Å²) in [4.78, 5) is 24.4. The molecule has 1 amide bonds. The predicted octanol–water partition coefficient (Wildman–Crippen LogP) is 14.6. The van der Waals surface area contributed by atoms with E-state index in [0.717, 1.165) is 57.8 Å². The molecule has 0 radical (unpaired) electrons. The molecule has 0 spiro atoms. The lowest BCUT2D eigenvalue weighted by Crippen LogP contribution is -2.45. The third-order valence-electron chi connectivity index (χ3n) is 11.6. The summed E-state index contributed by atoms with van der Waals surface area (Å²) in [5.74, 6) is -0.0918. The van der Waals surface area contributed by atoms with Crippen LogP contribution in [-0.2, 0) is 14.3 Å². The molecular formula is C50H97NO5. The minimum absolute atomic E-state index is 0.00770. The monoisotopic (exact) mass is 792 g/mol. The van der Waals surface area contributed by atoms with E-state index in [2.05, 4.69) is 19.2 Å². The van der Waals surface area contributed by atoms with Crippen LogP contribution >= 0.6 is 0 Å². The number of aliphatic hydroxyl groups is 2. The fourth-order valence-corrected chi connectivity index (χ4v) is 7.69. The molecule has 0 aliphatic rings. The summed E-state index contributed by atoms with van der Waals surface area (Å²) in [6.07, 6.45) is 52.0. The van der Waals surface area contributed by atoms with Crippen molar-refractivity contribution in [3.05, 3.63) is 12.2 Å². The molecule has 6 nitrogen and oxygen atoms in total. The Hall–Kier alpha value is -1.40. The lowest BCUT2D eigenvalue weighted by Gasteiger charge is -2.20. The molecular weight excluding hydrogens is 695 g/mol. The van der Waals surface area contributed by atoms with Crippen molar-refractivity contribution < 1.29 is 24.5 Å². The molecule has 6 heteroatoms. The smallest absolute Gasteiger partial charge is 0.305 e. The Morgan fingerprint density at radius 1 is 0.482 bits per heavy atom. The Labute approximate surface area is 349 Å². The van der Waals surface area contributed by atoms with Gasteiger partial charge in [-0.3, -0.25) is 9.59 Å². The van der Waals surface area contributed by atoms with Crippen LogP contribution in [0, 0.1) is 0 Å². The van der Waals surface area contributed by atoms with Crippen LogP contribution in [-0.4, -0.2) is 47.4 Å². The SMILES string of the molecule is CCCCCCCCCCC/C=C/C(O)C(CO)NC(=O)CCCCCCCCCCCCCCOC(=O)CCCCCCCCCCCCCCCCCC. The summed E-state index contributed by atoms with van der Waals surface area (Å²) in [5, 5.41) is 22.9. The van der Waals surface area contributed by atoms with Crippen molar-refractivity contribution >= 4 is 11.9 Å². The van der Waals surface area contributed by atoms with Crippen LogP contribution in [0.1, 0.15) is 271 Å². The molecule has 0 fully saturated rings. The number of amides is 1. The van der Waals surface area contributed by atoms with Crippen molar-refractivity contribution in [3.8, 4) is 0 Å². The average Bonchev–Trinajstić information content (AvgIpc) is 3.20. The first-order valence-corrected chi connectivity index (χ1v) is 25.0. The van der Waals surface area contributed by atoms with Gasteiger partial charge >= 0.3 is 5.97 Å². The summed E-state index contributed by atoms with van der Waals surface area (Å²) in [6, 6.07) is -0.636. The highest BCUT2D eigenvalue weighted by atomic mass is 16.5. The number of unbranched alkanes of at least 4 members (excludes halogenated alkanes) is 35. The number of carbonyl (C=O) groups excluding carboxylic acids is 2. The van der Waals surface area contributed by atoms with Crippen LogP contribution in [0.25, 0.3) is 0 Å². The van der Waals surface area contributed by atoms with Gasteiger partial charge in [-0.05, 0) is 32.1 Å². The standard InChI is InChI=1S/C50H97NO5/c1-3-5-7-9-11-13-15-16-17-18-19-24-28-32-36-40-44-50(55)56-45-41-37-33-29-25-21-20-23-27-31-35-39-43-49(54)51-47(46-52)48(53)42-38-34-30-26-22-14-12-10-8-6-4-2/h38,42,47-48,52-53H,3-37,39-41,43-46H2,1-2H3,(H,51,54)/b42-38+. The number of hydrogen-bond acceptors (Lipinski definition) is 5. The van der Waals surface area contributed by atoms with Crippen molar-refractivity contribution in [2.24, 2.45) is 0 Å². The van der Waals surface area contributed by atoms with Crippen molar-refractivity contribution in [2.45, 2.75) is 283 Å². The molecule has 2 unspecified atom stereocenters. The van der Waals surface area contributed by atoms with Crippen molar-refractivity contribution in [3.63, 3.8) is 0 Å². The van der Waals surface area contributed by atoms with E-state index in [1.54, 1.807) is 6.08 Å². The maximum absolute atomic E-state index is 12.4. The Kier molecular flexibility index (Phi) is 45.1. The van der Waals surface area contributed by atoms with Gasteiger partial charge in [0, 0.05) is 12.8 Å². The van der Waals surface area contributed by atoms with Crippen LogP contribution in [0.3, 0.4) is 0 Å². The summed E-state index contributed by atoms with van der Waals surface area (Å²) < 4.78 is 5.46. The van der Waals surface area contributed by atoms with Crippen LogP contribution in [0.5, 0.6) is 0 Å². The van der Waals surface area contributed by atoms with E-state index in [9.17, 15) is 19.8 Å². The maximum atomic E-state index is 12.4. The summed E-state index contributed by atoms with van der Waals surface area (Å²) in [5.41, 5.74) is 0. The molecule has 0 aromatic rings. The van der Waals surface area contributed by atoms with Gasteiger partial charge in [0.2, 0.25) is 5.91 Å². The van der Waals surface area contributed by atoms with E-state index in [0.29, 0.717) is 19.4 Å². The van der Waals surface area contributed by atoms with Gasteiger partial charge in [-0.1, -0.05) is 238 Å². The maximum Gasteiger partial charge on any atom is 0.305 e. The fraction of sp³-hybridized carbons (Fsp3) is 0.920. The first-order valence-electron chi connectivity index (χ1n) is 25.0. The van der Waals surface area contributed by atoms with Gasteiger partial charge in [0.15, 0.2) is 0 Å². The molecule has 0 heterocycles. The fourth-order valence-electron chi connectivity index (χ4n) is 7.69. The van der Waals surface area contributed by atoms with Gasteiger partial charge in [0.1, 0.15) is 0 Å². The normalized spacial score (nSPS) is 12.7. The number of aliphatic hydroxyl groups excluding tert-OH is 2. The van der Waals surface area contributed by atoms with Crippen LogP contribution in [0.2, 0.25) is 0 Å². The zero-order valence-corrected chi connectivity index (χ0v) is 37.6. The minimum atomic E-state index is -0.851. The molecule has 332 valence electrons. The number of carbonyl (C=O) groups is 2. The molecule has 0 bridgehead atoms. The first-order chi connectivity index (χ1) is 27.5. The van der Waals surface area contributed by atoms with Crippen molar-refractivity contribution in [2.75, 3.05) is 13.2 Å². The molecule has 3 N–H and O–H groups in total. The van der Waals surface area contributed by atoms with Gasteiger partial charge in [-0.15, -0.1) is 0 Å². The third kappa shape index (κ3) is 42.2. The van der Waals surface area contributed by atoms with E-state index in [1.807, 2.05) is 6.08 Å². The molecule has 0 aliphatic heterocycles. The first kappa shape index (κ1) is 54.6. The van der Waals surface area contributed by atoms with Crippen LogP contribution < -0.4 is 5.32 Å². The molecule has 0 saturated heterocycles. The Morgan fingerprint density at radius 3 is 1.21 bits per heavy atom. The van der Waals surface area contributed by atoms with E-state index >= 15 is 0 Å². The van der Waals surface area contributed by atoms with Gasteiger partial charge in [-0.2, -0.15) is 0 Å².